The van der Waals surface area contributed by atoms with Crippen molar-refractivity contribution in [3.63, 3.8) is 0 Å². The van der Waals surface area contributed by atoms with Crippen molar-refractivity contribution in [3.8, 4) is 0 Å². The van der Waals surface area contributed by atoms with Crippen molar-refractivity contribution in [2.24, 2.45) is 11.8 Å². The zero-order valence-corrected chi connectivity index (χ0v) is 12.0. The first-order valence-corrected chi connectivity index (χ1v) is 6.64. The van der Waals surface area contributed by atoms with Crippen LogP contribution in [0.15, 0.2) is 4.42 Å². The number of aromatic nitrogens is 2. The molecule has 1 N–H and O–H groups in total. The van der Waals surface area contributed by atoms with Gasteiger partial charge in [-0.1, -0.05) is 12.0 Å². The van der Waals surface area contributed by atoms with E-state index < -0.39 is 0 Å². The molecule has 0 aromatic carbocycles. The summed E-state index contributed by atoms with van der Waals surface area (Å²) < 4.78 is 5.65. The fourth-order valence-electron chi connectivity index (χ4n) is 1.89. The molecule has 0 radical (unpaired) electrons. The summed E-state index contributed by atoms with van der Waals surface area (Å²) in [6, 6.07) is 0.625. The van der Waals surface area contributed by atoms with Crippen LogP contribution in [0.3, 0.4) is 0 Å². The van der Waals surface area contributed by atoms with Gasteiger partial charge in [0, 0.05) is 19.1 Å². The topological polar surface area (TPSA) is 54.2 Å². The quantitative estimate of drug-likeness (QED) is 0.869. The van der Waals surface area contributed by atoms with Gasteiger partial charge >= 0.3 is 6.01 Å². The zero-order valence-electron chi connectivity index (χ0n) is 12.0. The van der Waals surface area contributed by atoms with Crippen molar-refractivity contribution < 1.29 is 4.42 Å². The predicted octanol–water partition coefficient (Wildman–Crippen LogP) is 2.05. The van der Waals surface area contributed by atoms with Gasteiger partial charge < -0.3 is 14.6 Å². The monoisotopic (exact) mass is 252 g/mol. The molecule has 5 nitrogen and oxygen atoms in total. The first kappa shape index (κ1) is 13.3. The number of hydrogen-bond donors (Lipinski definition) is 1. The minimum atomic E-state index is 0.0595. The molecule has 102 valence electrons. The van der Waals surface area contributed by atoms with Crippen LogP contribution >= 0.6 is 0 Å². The van der Waals surface area contributed by atoms with Crippen LogP contribution in [0.2, 0.25) is 0 Å². The van der Waals surface area contributed by atoms with Crippen molar-refractivity contribution in [1.29, 1.82) is 0 Å². The van der Waals surface area contributed by atoms with Crippen LogP contribution in [0.5, 0.6) is 0 Å². The Bertz CT molecular complexity index is 396. The Kier molecular flexibility index (Phi) is 3.61. The molecule has 0 aliphatic heterocycles. The Morgan fingerprint density at radius 1 is 1.39 bits per heavy atom. The average Bonchev–Trinajstić information content (AvgIpc) is 2.80. The van der Waals surface area contributed by atoms with Gasteiger partial charge in [-0.25, -0.2) is 0 Å². The van der Waals surface area contributed by atoms with Gasteiger partial charge in [0.25, 0.3) is 0 Å². The summed E-state index contributed by atoms with van der Waals surface area (Å²) in [5.41, 5.74) is 0.0595. The second kappa shape index (κ2) is 4.88. The second-order valence-corrected chi connectivity index (χ2v) is 6.44. The molecule has 1 heterocycles. The Labute approximate surface area is 109 Å². The first-order valence-electron chi connectivity index (χ1n) is 6.64. The SMILES string of the molecule is CC1CC1CN(C)c1nnc(CNC(C)(C)C)o1. The molecule has 1 aromatic heterocycles. The maximum absolute atomic E-state index is 5.65. The van der Waals surface area contributed by atoms with Crippen LogP contribution in [0.4, 0.5) is 6.01 Å². The third-order valence-electron chi connectivity index (χ3n) is 3.34. The number of nitrogens with zero attached hydrogens (tertiary/aromatic N) is 3. The highest BCUT2D eigenvalue weighted by Gasteiger charge is 2.34. The maximum atomic E-state index is 5.65. The largest absolute Gasteiger partial charge is 0.407 e. The highest BCUT2D eigenvalue weighted by molar-refractivity contribution is 5.22. The molecule has 1 saturated carbocycles. The van der Waals surface area contributed by atoms with Crippen molar-refractivity contribution in [2.45, 2.75) is 46.2 Å². The summed E-state index contributed by atoms with van der Waals surface area (Å²) in [5.74, 6) is 2.28. The summed E-state index contributed by atoms with van der Waals surface area (Å²) in [6.07, 6.45) is 1.32. The van der Waals surface area contributed by atoms with E-state index in [0.717, 1.165) is 18.4 Å². The average molecular weight is 252 g/mol. The zero-order chi connectivity index (χ0) is 13.3. The maximum Gasteiger partial charge on any atom is 0.317 e. The smallest absolute Gasteiger partial charge is 0.317 e. The van der Waals surface area contributed by atoms with E-state index in [1.807, 2.05) is 7.05 Å². The van der Waals surface area contributed by atoms with E-state index in [1.54, 1.807) is 0 Å². The van der Waals surface area contributed by atoms with Gasteiger partial charge in [0.05, 0.1) is 6.54 Å². The lowest BCUT2D eigenvalue weighted by atomic mass is 10.1. The van der Waals surface area contributed by atoms with Gasteiger partial charge in [-0.3, -0.25) is 0 Å². The number of rotatable bonds is 5. The minimum absolute atomic E-state index is 0.0595. The number of nitrogens with one attached hydrogen (secondary N) is 1. The Morgan fingerprint density at radius 2 is 2.06 bits per heavy atom. The Morgan fingerprint density at radius 3 is 2.61 bits per heavy atom. The van der Waals surface area contributed by atoms with Crippen molar-refractivity contribution in [3.05, 3.63) is 5.89 Å². The van der Waals surface area contributed by atoms with E-state index in [0.29, 0.717) is 18.5 Å². The standard InChI is InChI=1S/C13H24N4O/c1-9-6-10(9)8-17(5)12-16-15-11(18-12)7-14-13(2,3)4/h9-10,14H,6-8H2,1-5H3. The lowest BCUT2D eigenvalue weighted by Gasteiger charge is -2.18. The highest BCUT2D eigenvalue weighted by atomic mass is 16.4. The lowest BCUT2D eigenvalue weighted by Crippen LogP contribution is -2.35. The van der Waals surface area contributed by atoms with E-state index in [9.17, 15) is 0 Å². The van der Waals surface area contributed by atoms with Gasteiger partial charge in [0.2, 0.25) is 5.89 Å². The van der Waals surface area contributed by atoms with Crippen LogP contribution in [-0.4, -0.2) is 29.3 Å². The summed E-state index contributed by atoms with van der Waals surface area (Å²) in [5, 5.41) is 11.5. The molecule has 0 spiro atoms. The molecule has 0 amide bonds. The van der Waals surface area contributed by atoms with Gasteiger partial charge in [-0.15, -0.1) is 5.10 Å². The molecule has 2 rings (SSSR count). The van der Waals surface area contributed by atoms with Crippen LogP contribution in [0.25, 0.3) is 0 Å². The lowest BCUT2D eigenvalue weighted by molar-refractivity contribution is 0.381. The van der Waals surface area contributed by atoms with Crippen LogP contribution in [0, 0.1) is 11.8 Å². The fraction of sp³-hybridized carbons (Fsp3) is 0.846. The van der Waals surface area contributed by atoms with Gasteiger partial charge in [0.15, 0.2) is 0 Å². The van der Waals surface area contributed by atoms with E-state index >= 15 is 0 Å². The molecule has 1 aromatic rings. The molecule has 18 heavy (non-hydrogen) atoms. The Balaban J connectivity index is 1.85. The summed E-state index contributed by atoms with van der Waals surface area (Å²) in [4.78, 5) is 2.06. The second-order valence-electron chi connectivity index (χ2n) is 6.44. The molecular weight excluding hydrogens is 228 g/mol. The fourth-order valence-corrected chi connectivity index (χ4v) is 1.89. The molecule has 1 aliphatic rings. The normalized spacial score (nSPS) is 23.2. The van der Waals surface area contributed by atoms with Crippen molar-refractivity contribution in [2.75, 3.05) is 18.5 Å². The van der Waals surface area contributed by atoms with E-state index in [4.69, 9.17) is 4.42 Å². The first-order chi connectivity index (χ1) is 8.35. The third kappa shape index (κ3) is 3.70. The number of hydrogen-bond acceptors (Lipinski definition) is 5. The number of anilines is 1. The molecule has 1 fully saturated rings. The highest BCUT2D eigenvalue weighted by Crippen LogP contribution is 2.38. The Hall–Kier alpha value is -1.10. The van der Waals surface area contributed by atoms with Crippen molar-refractivity contribution in [1.82, 2.24) is 15.5 Å². The molecule has 0 bridgehead atoms. The summed E-state index contributed by atoms with van der Waals surface area (Å²) in [7, 11) is 2.01. The molecular formula is C13H24N4O. The third-order valence-corrected chi connectivity index (χ3v) is 3.34. The van der Waals surface area contributed by atoms with Crippen LogP contribution in [-0.2, 0) is 6.54 Å². The molecule has 0 saturated heterocycles. The van der Waals surface area contributed by atoms with E-state index in [2.05, 4.69) is 48.1 Å². The van der Waals surface area contributed by atoms with Crippen LogP contribution in [0.1, 0.15) is 40.0 Å². The summed E-state index contributed by atoms with van der Waals surface area (Å²) in [6.45, 7) is 10.3. The molecule has 1 aliphatic carbocycles. The van der Waals surface area contributed by atoms with Crippen LogP contribution < -0.4 is 10.2 Å². The minimum Gasteiger partial charge on any atom is -0.407 e. The van der Waals surface area contributed by atoms with Gasteiger partial charge in [0.1, 0.15) is 0 Å². The van der Waals surface area contributed by atoms with E-state index in [1.165, 1.54) is 6.42 Å². The molecule has 2 unspecified atom stereocenters. The van der Waals surface area contributed by atoms with Gasteiger partial charge in [-0.2, -0.15) is 0 Å². The predicted molar refractivity (Wildman–Crippen MR) is 71.4 cm³/mol. The summed E-state index contributed by atoms with van der Waals surface area (Å²) >= 11 is 0. The van der Waals surface area contributed by atoms with Crippen molar-refractivity contribution >= 4 is 6.01 Å². The molecule has 2 atom stereocenters. The molecule has 5 heteroatoms. The van der Waals surface area contributed by atoms with E-state index in [-0.39, 0.29) is 5.54 Å². The van der Waals surface area contributed by atoms with Gasteiger partial charge in [-0.05, 0) is 39.0 Å².